The van der Waals surface area contributed by atoms with Crippen LogP contribution in [0.4, 0.5) is 10.5 Å². The van der Waals surface area contributed by atoms with Crippen LogP contribution in [0, 0.1) is 5.92 Å². The molecular weight excluding hydrogens is 461 g/mol. The minimum absolute atomic E-state index is 0.124. The zero-order chi connectivity index (χ0) is 23.4. The Kier molecular flexibility index (Phi) is 7.89. The van der Waals surface area contributed by atoms with Crippen molar-refractivity contribution in [2.75, 3.05) is 39.1 Å². The van der Waals surface area contributed by atoms with E-state index in [9.17, 15) is 4.79 Å². The predicted octanol–water partition coefficient (Wildman–Crippen LogP) is 5.92. The van der Waals surface area contributed by atoms with Crippen LogP contribution in [-0.4, -0.2) is 55.7 Å². The molecule has 1 aliphatic heterocycles. The van der Waals surface area contributed by atoms with Gasteiger partial charge in [-0.05, 0) is 74.5 Å². The summed E-state index contributed by atoms with van der Waals surface area (Å²) in [7, 11) is 3.35. The molecule has 2 aliphatic rings. The molecule has 6 nitrogen and oxygen atoms in total. The number of carbonyl (C=O) groups is 1. The molecule has 8 heteroatoms. The van der Waals surface area contributed by atoms with Gasteiger partial charge in [0.1, 0.15) is 11.5 Å². The van der Waals surface area contributed by atoms with Gasteiger partial charge in [0.05, 0.1) is 23.9 Å². The molecule has 1 heterocycles. The number of ether oxygens (including phenoxy) is 2. The van der Waals surface area contributed by atoms with Crippen LogP contribution in [0.5, 0.6) is 11.5 Å². The number of nitrogens with zero attached hydrogens (tertiary/aromatic N) is 2. The average molecular weight is 492 g/mol. The lowest BCUT2D eigenvalue weighted by atomic mass is 9.82. The van der Waals surface area contributed by atoms with Gasteiger partial charge in [-0.1, -0.05) is 35.3 Å². The average Bonchev–Trinajstić information content (AvgIpc) is 3.28. The number of rotatable bonds is 8. The van der Waals surface area contributed by atoms with E-state index >= 15 is 0 Å². The van der Waals surface area contributed by atoms with Crippen molar-refractivity contribution in [3.8, 4) is 11.5 Å². The van der Waals surface area contributed by atoms with E-state index in [-0.39, 0.29) is 12.1 Å². The molecular formula is C25H31Cl2N3O3. The molecule has 2 fully saturated rings. The maximum absolute atomic E-state index is 12.6. The molecule has 0 spiro atoms. The fourth-order valence-electron chi connectivity index (χ4n) is 4.51. The second-order valence-corrected chi connectivity index (χ2v) is 9.76. The van der Waals surface area contributed by atoms with Crippen molar-refractivity contribution in [1.82, 2.24) is 9.80 Å². The van der Waals surface area contributed by atoms with E-state index in [0.717, 1.165) is 48.8 Å². The topological polar surface area (TPSA) is 54.0 Å². The van der Waals surface area contributed by atoms with Crippen LogP contribution >= 0.6 is 23.2 Å². The van der Waals surface area contributed by atoms with Gasteiger partial charge >= 0.3 is 6.03 Å². The highest BCUT2D eigenvalue weighted by atomic mass is 35.5. The first kappa shape index (κ1) is 24.0. The molecule has 33 heavy (non-hydrogen) atoms. The third kappa shape index (κ3) is 6.05. The van der Waals surface area contributed by atoms with Crippen LogP contribution in [0.2, 0.25) is 10.0 Å². The molecule has 0 bridgehead atoms. The number of benzene rings is 2. The number of halogens is 2. The fourth-order valence-corrected chi connectivity index (χ4v) is 4.91. The van der Waals surface area contributed by atoms with Gasteiger partial charge in [-0.3, -0.25) is 4.90 Å². The van der Waals surface area contributed by atoms with E-state index in [1.165, 1.54) is 12.8 Å². The monoisotopic (exact) mass is 491 g/mol. The van der Waals surface area contributed by atoms with Crippen LogP contribution in [0.1, 0.15) is 31.2 Å². The number of nitrogens with one attached hydrogen (secondary N) is 1. The van der Waals surface area contributed by atoms with Crippen molar-refractivity contribution in [3.05, 3.63) is 52.0 Å². The highest BCUT2D eigenvalue weighted by Gasteiger charge is 2.33. The third-order valence-corrected chi connectivity index (χ3v) is 7.07. The highest BCUT2D eigenvalue weighted by molar-refractivity contribution is 6.32. The minimum atomic E-state index is -0.197. The van der Waals surface area contributed by atoms with Gasteiger partial charge in [-0.25, -0.2) is 4.79 Å². The van der Waals surface area contributed by atoms with E-state index in [0.29, 0.717) is 28.9 Å². The van der Waals surface area contributed by atoms with Gasteiger partial charge < -0.3 is 19.7 Å². The van der Waals surface area contributed by atoms with Crippen LogP contribution < -0.4 is 14.8 Å². The van der Waals surface area contributed by atoms with Gasteiger partial charge in [0.2, 0.25) is 0 Å². The standard InChI is InChI=1S/C25H31Cl2N3O3/c1-29(25(31)28-21-14-19(26)8-9-22(21)32-2)15-17-12-20(13-17)33-23-7-5-6-18(24(23)27)16-30-10-3-4-11-30/h5-9,14,17,20H,3-4,10-13,15-16H2,1-2H3,(H,28,31). The zero-order valence-electron chi connectivity index (χ0n) is 19.2. The molecule has 1 N–H and O–H groups in total. The number of urea groups is 1. The van der Waals surface area contributed by atoms with Crippen molar-refractivity contribution in [1.29, 1.82) is 0 Å². The lowest BCUT2D eigenvalue weighted by molar-refractivity contribution is 0.0532. The Balaban J connectivity index is 1.25. The summed E-state index contributed by atoms with van der Waals surface area (Å²) in [6.07, 6.45) is 4.43. The molecule has 1 aliphatic carbocycles. The van der Waals surface area contributed by atoms with Crippen LogP contribution in [-0.2, 0) is 6.54 Å². The van der Waals surface area contributed by atoms with Gasteiger partial charge in [0.25, 0.3) is 0 Å². The van der Waals surface area contributed by atoms with Gasteiger partial charge in [-0.2, -0.15) is 0 Å². The Labute approximate surface area is 205 Å². The maximum Gasteiger partial charge on any atom is 0.321 e. The smallest absolute Gasteiger partial charge is 0.321 e. The molecule has 4 rings (SSSR count). The van der Waals surface area contributed by atoms with E-state index in [1.54, 1.807) is 37.3 Å². The number of likely N-dealkylation sites (tertiary alicyclic amines) is 1. The van der Waals surface area contributed by atoms with Gasteiger partial charge in [-0.15, -0.1) is 0 Å². The molecule has 2 amide bonds. The summed E-state index contributed by atoms with van der Waals surface area (Å²) in [5.41, 5.74) is 1.68. The van der Waals surface area contributed by atoms with E-state index in [2.05, 4.69) is 16.3 Å². The largest absolute Gasteiger partial charge is 0.495 e. The Morgan fingerprint density at radius 2 is 1.91 bits per heavy atom. The summed E-state index contributed by atoms with van der Waals surface area (Å²) in [5, 5.41) is 4.13. The molecule has 0 unspecified atom stereocenters. The van der Waals surface area contributed by atoms with Crippen LogP contribution in [0.25, 0.3) is 0 Å². The molecule has 178 valence electrons. The normalized spacial score (nSPS) is 20.2. The number of hydrogen-bond donors (Lipinski definition) is 1. The van der Waals surface area contributed by atoms with E-state index < -0.39 is 0 Å². The first-order chi connectivity index (χ1) is 15.9. The van der Waals surface area contributed by atoms with Crippen LogP contribution in [0.3, 0.4) is 0 Å². The van der Waals surface area contributed by atoms with Crippen molar-refractivity contribution >= 4 is 34.9 Å². The third-order valence-electron chi connectivity index (χ3n) is 6.40. The molecule has 2 aromatic carbocycles. The number of hydrogen-bond acceptors (Lipinski definition) is 4. The number of carbonyl (C=O) groups excluding carboxylic acids is 1. The zero-order valence-corrected chi connectivity index (χ0v) is 20.7. The first-order valence-corrected chi connectivity index (χ1v) is 12.2. The molecule has 0 aromatic heterocycles. The predicted molar refractivity (Wildman–Crippen MR) is 133 cm³/mol. The Hall–Kier alpha value is -2.15. The Morgan fingerprint density at radius 1 is 1.15 bits per heavy atom. The summed E-state index contributed by atoms with van der Waals surface area (Å²) in [6.45, 7) is 3.80. The molecule has 2 aromatic rings. The second kappa shape index (κ2) is 10.9. The highest BCUT2D eigenvalue weighted by Crippen LogP contribution is 2.36. The van der Waals surface area contributed by atoms with E-state index in [1.807, 2.05) is 12.1 Å². The van der Waals surface area contributed by atoms with Crippen LogP contribution in [0.15, 0.2) is 36.4 Å². The lowest BCUT2D eigenvalue weighted by Gasteiger charge is -2.37. The summed E-state index contributed by atoms with van der Waals surface area (Å²) in [5.74, 6) is 1.72. The summed E-state index contributed by atoms with van der Waals surface area (Å²) in [4.78, 5) is 16.7. The number of amides is 2. The SMILES string of the molecule is COc1ccc(Cl)cc1NC(=O)N(C)CC1CC(Oc2cccc(CN3CCCC3)c2Cl)C1. The molecule has 0 radical (unpaired) electrons. The molecule has 0 atom stereocenters. The Morgan fingerprint density at radius 3 is 2.64 bits per heavy atom. The van der Waals surface area contributed by atoms with Gasteiger partial charge in [0.15, 0.2) is 0 Å². The van der Waals surface area contributed by atoms with Crippen molar-refractivity contribution in [2.45, 2.75) is 38.3 Å². The lowest BCUT2D eigenvalue weighted by Crippen LogP contribution is -2.43. The van der Waals surface area contributed by atoms with Crippen molar-refractivity contribution in [3.63, 3.8) is 0 Å². The molecule has 1 saturated carbocycles. The second-order valence-electron chi connectivity index (χ2n) is 8.95. The van der Waals surface area contributed by atoms with Crippen molar-refractivity contribution in [2.24, 2.45) is 5.92 Å². The quantitative estimate of drug-likeness (QED) is 0.497. The minimum Gasteiger partial charge on any atom is -0.495 e. The molecule has 1 saturated heterocycles. The number of methoxy groups -OCH3 is 1. The summed E-state index contributed by atoms with van der Waals surface area (Å²) in [6, 6.07) is 11.0. The number of anilines is 1. The summed E-state index contributed by atoms with van der Waals surface area (Å²) >= 11 is 12.7. The van der Waals surface area contributed by atoms with Gasteiger partial charge in [0, 0.05) is 25.2 Å². The maximum atomic E-state index is 12.6. The van der Waals surface area contributed by atoms with Crippen molar-refractivity contribution < 1.29 is 14.3 Å². The van der Waals surface area contributed by atoms with E-state index in [4.69, 9.17) is 32.7 Å². The summed E-state index contributed by atoms with van der Waals surface area (Å²) < 4.78 is 11.5. The first-order valence-electron chi connectivity index (χ1n) is 11.4. The Bertz CT molecular complexity index is 975. The fraction of sp³-hybridized carbons (Fsp3) is 0.480.